The molecule has 0 saturated carbocycles. The van der Waals surface area contributed by atoms with E-state index in [1.54, 1.807) is 0 Å². The SMILES string of the molecule is Cc1cccc(NC(=O)C2CCN(c3ccc(C(F)(F)F)cn3)CC2)c1C. The highest BCUT2D eigenvalue weighted by Crippen LogP contribution is 2.30. The molecule has 1 aliphatic heterocycles. The first-order valence-electron chi connectivity index (χ1n) is 8.91. The molecule has 3 rings (SSSR count). The van der Waals surface area contributed by atoms with Gasteiger partial charge in [-0.15, -0.1) is 0 Å². The zero-order valence-electron chi connectivity index (χ0n) is 15.3. The van der Waals surface area contributed by atoms with E-state index >= 15 is 0 Å². The normalized spacial score (nSPS) is 15.7. The summed E-state index contributed by atoms with van der Waals surface area (Å²) in [6.45, 7) is 5.15. The molecular formula is C20H22F3N3O. The predicted octanol–water partition coefficient (Wildman–Crippen LogP) is 4.57. The van der Waals surface area contributed by atoms with Crippen molar-refractivity contribution in [2.75, 3.05) is 23.3 Å². The molecule has 0 aliphatic carbocycles. The molecule has 0 unspecified atom stereocenters. The van der Waals surface area contributed by atoms with Gasteiger partial charge in [0.2, 0.25) is 5.91 Å². The van der Waals surface area contributed by atoms with Gasteiger partial charge in [0.25, 0.3) is 0 Å². The van der Waals surface area contributed by atoms with Crippen LogP contribution in [0, 0.1) is 19.8 Å². The lowest BCUT2D eigenvalue weighted by molar-refractivity contribution is -0.137. The van der Waals surface area contributed by atoms with Crippen LogP contribution >= 0.6 is 0 Å². The van der Waals surface area contributed by atoms with Gasteiger partial charge in [0.15, 0.2) is 0 Å². The number of benzene rings is 1. The number of pyridine rings is 1. The highest BCUT2D eigenvalue weighted by atomic mass is 19.4. The maximum Gasteiger partial charge on any atom is 0.417 e. The Morgan fingerprint density at radius 1 is 1.15 bits per heavy atom. The van der Waals surface area contributed by atoms with Gasteiger partial charge in [-0.1, -0.05) is 12.1 Å². The quantitative estimate of drug-likeness (QED) is 0.852. The maximum atomic E-state index is 12.6. The number of alkyl halides is 3. The molecule has 1 N–H and O–H groups in total. The standard InChI is InChI=1S/C20H22F3N3O/c1-13-4-3-5-17(14(13)2)25-19(27)15-8-10-26(11-9-15)18-7-6-16(12-24-18)20(21,22)23/h3-7,12,15H,8-11H2,1-2H3,(H,25,27). The Morgan fingerprint density at radius 3 is 2.44 bits per heavy atom. The third-order valence-electron chi connectivity index (χ3n) is 5.13. The number of amides is 1. The molecule has 1 fully saturated rings. The van der Waals surface area contributed by atoms with Crippen LogP contribution in [0.1, 0.15) is 29.5 Å². The molecular weight excluding hydrogens is 355 g/mol. The van der Waals surface area contributed by atoms with Gasteiger partial charge in [-0.25, -0.2) is 4.98 Å². The number of halogens is 3. The fourth-order valence-electron chi connectivity index (χ4n) is 3.23. The lowest BCUT2D eigenvalue weighted by Crippen LogP contribution is -2.38. The second-order valence-corrected chi connectivity index (χ2v) is 6.90. The minimum atomic E-state index is -4.38. The summed E-state index contributed by atoms with van der Waals surface area (Å²) in [6, 6.07) is 8.24. The molecule has 1 aliphatic rings. The van der Waals surface area contributed by atoms with Crippen LogP contribution in [0.4, 0.5) is 24.7 Å². The molecule has 1 aromatic carbocycles. The number of hydrogen-bond acceptors (Lipinski definition) is 3. The van der Waals surface area contributed by atoms with Crippen molar-refractivity contribution in [3.05, 3.63) is 53.2 Å². The molecule has 1 saturated heterocycles. The number of rotatable bonds is 3. The second kappa shape index (κ2) is 7.58. The summed E-state index contributed by atoms with van der Waals surface area (Å²) >= 11 is 0. The van der Waals surface area contributed by atoms with Crippen LogP contribution in [0.5, 0.6) is 0 Å². The summed E-state index contributed by atoms with van der Waals surface area (Å²) in [6.07, 6.45) is -2.25. The van der Waals surface area contributed by atoms with Crippen LogP contribution < -0.4 is 10.2 Å². The van der Waals surface area contributed by atoms with Gasteiger partial charge in [0.1, 0.15) is 5.82 Å². The predicted molar refractivity (Wildman–Crippen MR) is 98.7 cm³/mol. The van der Waals surface area contributed by atoms with Crippen LogP contribution in [0.2, 0.25) is 0 Å². The lowest BCUT2D eigenvalue weighted by Gasteiger charge is -2.32. The van der Waals surface area contributed by atoms with Gasteiger partial charge < -0.3 is 10.2 Å². The number of piperidine rings is 1. The Kier molecular flexibility index (Phi) is 5.39. The van der Waals surface area contributed by atoms with E-state index in [0.29, 0.717) is 31.7 Å². The molecule has 7 heteroatoms. The van der Waals surface area contributed by atoms with E-state index < -0.39 is 11.7 Å². The van der Waals surface area contributed by atoms with Gasteiger partial charge in [-0.05, 0) is 56.0 Å². The molecule has 1 aromatic heterocycles. The first-order valence-corrected chi connectivity index (χ1v) is 8.91. The molecule has 0 spiro atoms. The molecule has 27 heavy (non-hydrogen) atoms. The van der Waals surface area contributed by atoms with Gasteiger partial charge >= 0.3 is 6.18 Å². The van der Waals surface area contributed by atoms with E-state index in [9.17, 15) is 18.0 Å². The number of carbonyl (C=O) groups excluding carboxylic acids is 1. The zero-order valence-corrected chi connectivity index (χ0v) is 15.3. The smallest absolute Gasteiger partial charge is 0.357 e. The molecule has 0 bridgehead atoms. The Morgan fingerprint density at radius 2 is 1.85 bits per heavy atom. The first kappa shape index (κ1) is 19.2. The number of nitrogens with one attached hydrogen (secondary N) is 1. The topological polar surface area (TPSA) is 45.2 Å². The van der Waals surface area contributed by atoms with E-state index in [1.807, 2.05) is 36.9 Å². The van der Waals surface area contributed by atoms with Crippen molar-refractivity contribution in [2.45, 2.75) is 32.9 Å². The van der Waals surface area contributed by atoms with Gasteiger partial charge in [-0.3, -0.25) is 4.79 Å². The van der Waals surface area contributed by atoms with Crippen molar-refractivity contribution in [3.63, 3.8) is 0 Å². The van der Waals surface area contributed by atoms with E-state index in [4.69, 9.17) is 0 Å². The number of aromatic nitrogens is 1. The number of aryl methyl sites for hydroxylation is 1. The fourth-order valence-corrected chi connectivity index (χ4v) is 3.23. The third-order valence-corrected chi connectivity index (χ3v) is 5.13. The second-order valence-electron chi connectivity index (χ2n) is 6.90. The highest BCUT2D eigenvalue weighted by molar-refractivity contribution is 5.93. The summed E-state index contributed by atoms with van der Waals surface area (Å²) < 4.78 is 37.9. The number of hydrogen-bond donors (Lipinski definition) is 1. The Bertz CT molecular complexity index is 810. The van der Waals surface area contributed by atoms with E-state index in [0.717, 1.165) is 29.1 Å². The first-order chi connectivity index (χ1) is 12.8. The molecule has 0 radical (unpaired) electrons. The number of nitrogens with zero attached hydrogens (tertiary/aromatic N) is 2. The van der Waals surface area contributed by atoms with E-state index in [2.05, 4.69) is 10.3 Å². The Hall–Kier alpha value is -2.57. The summed E-state index contributed by atoms with van der Waals surface area (Å²) in [5.74, 6) is 0.385. The Balaban J connectivity index is 1.58. The summed E-state index contributed by atoms with van der Waals surface area (Å²) in [7, 11) is 0. The highest BCUT2D eigenvalue weighted by Gasteiger charge is 2.31. The van der Waals surface area contributed by atoms with Crippen molar-refractivity contribution in [1.82, 2.24) is 4.98 Å². The van der Waals surface area contributed by atoms with Crippen LogP contribution in [0.25, 0.3) is 0 Å². The third kappa shape index (κ3) is 4.40. The van der Waals surface area contributed by atoms with Gasteiger partial charge in [-0.2, -0.15) is 13.2 Å². The molecule has 0 atom stereocenters. The van der Waals surface area contributed by atoms with Crippen molar-refractivity contribution >= 4 is 17.4 Å². The Labute approximate surface area is 156 Å². The minimum Gasteiger partial charge on any atom is -0.357 e. The zero-order chi connectivity index (χ0) is 19.6. The summed E-state index contributed by atoms with van der Waals surface area (Å²) in [5.41, 5.74) is 2.24. The molecule has 4 nitrogen and oxygen atoms in total. The molecule has 2 aromatic rings. The summed E-state index contributed by atoms with van der Waals surface area (Å²) in [4.78, 5) is 18.4. The average molecular weight is 377 g/mol. The van der Waals surface area contributed by atoms with Crippen LogP contribution in [0.3, 0.4) is 0 Å². The van der Waals surface area contributed by atoms with Gasteiger partial charge in [0.05, 0.1) is 5.56 Å². The van der Waals surface area contributed by atoms with E-state index in [1.165, 1.54) is 6.07 Å². The lowest BCUT2D eigenvalue weighted by atomic mass is 9.95. The maximum absolute atomic E-state index is 12.6. The van der Waals surface area contributed by atoms with Crippen molar-refractivity contribution in [2.24, 2.45) is 5.92 Å². The monoisotopic (exact) mass is 377 g/mol. The van der Waals surface area contributed by atoms with Crippen molar-refractivity contribution in [1.29, 1.82) is 0 Å². The van der Waals surface area contributed by atoms with Crippen molar-refractivity contribution in [3.8, 4) is 0 Å². The van der Waals surface area contributed by atoms with Crippen LogP contribution in [0.15, 0.2) is 36.5 Å². The van der Waals surface area contributed by atoms with E-state index in [-0.39, 0.29) is 11.8 Å². The molecule has 2 heterocycles. The fraction of sp³-hybridized carbons (Fsp3) is 0.400. The number of anilines is 2. The van der Waals surface area contributed by atoms with Crippen LogP contribution in [-0.4, -0.2) is 24.0 Å². The van der Waals surface area contributed by atoms with Crippen LogP contribution in [-0.2, 0) is 11.0 Å². The largest absolute Gasteiger partial charge is 0.417 e. The molecule has 144 valence electrons. The summed E-state index contributed by atoms with van der Waals surface area (Å²) in [5, 5.41) is 3.00. The minimum absolute atomic E-state index is 0.0104. The van der Waals surface area contributed by atoms with Gasteiger partial charge in [0, 0.05) is 30.9 Å². The molecule has 1 amide bonds. The number of carbonyl (C=O) groups is 1. The average Bonchev–Trinajstić information content (AvgIpc) is 2.65. The van der Waals surface area contributed by atoms with Crippen molar-refractivity contribution < 1.29 is 18.0 Å².